The van der Waals surface area contributed by atoms with E-state index in [1.807, 2.05) is 73.7 Å². The summed E-state index contributed by atoms with van der Waals surface area (Å²) < 4.78 is 5.19. The predicted octanol–water partition coefficient (Wildman–Crippen LogP) is 5.61. The van der Waals surface area contributed by atoms with E-state index in [1.54, 1.807) is 12.1 Å². The number of para-hydroxylation sites is 1. The van der Waals surface area contributed by atoms with Crippen LogP contribution in [0.25, 0.3) is 22.0 Å². The number of hydrogen-bond donors (Lipinski definition) is 1. The molecule has 0 spiro atoms. The minimum atomic E-state index is -0.309. The molecule has 5 nitrogen and oxygen atoms in total. The number of carbonyl (C=O) groups is 1. The maximum absolute atomic E-state index is 12.0. The molecule has 0 aliphatic carbocycles. The molecule has 0 saturated carbocycles. The Balaban J connectivity index is 1.68. The van der Waals surface area contributed by atoms with Gasteiger partial charge in [-0.1, -0.05) is 61.5 Å². The summed E-state index contributed by atoms with van der Waals surface area (Å²) in [5.74, 6) is 0.395. The van der Waals surface area contributed by atoms with Gasteiger partial charge in [-0.05, 0) is 30.7 Å². The number of esters is 1. The Bertz CT molecular complexity index is 1130. The molecule has 29 heavy (non-hydrogen) atoms. The zero-order valence-electron chi connectivity index (χ0n) is 16.1. The molecule has 4 rings (SSSR count). The van der Waals surface area contributed by atoms with Crippen LogP contribution in [0.1, 0.15) is 23.7 Å². The van der Waals surface area contributed by atoms with Gasteiger partial charge in [-0.2, -0.15) is 0 Å². The lowest BCUT2D eigenvalue weighted by Crippen LogP contribution is -2.05. The monoisotopic (exact) mass is 383 g/mol. The summed E-state index contributed by atoms with van der Waals surface area (Å²) >= 11 is 0. The van der Waals surface area contributed by atoms with Crippen molar-refractivity contribution in [3.05, 3.63) is 84.4 Å². The van der Waals surface area contributed by atoms with Crippen molar-refractivity contribution in [2.45, 2.75) is 13.3 Å². The van der Waals surface area contributed by atoms with Crippen LogP contribution in [0.15, 0.2) is 78.9 Å². The number of aromatic nitrogens is 2. The molecule has 1 N–H and O–H groups in total. The summed E-state index contributed by atoms with van der Waals surface area (Å²) in [4.78, 5) is 12.0. The Morgan fingerprint density at radius 3 is 2.28 bits per heavy atom. The molecule has 0 saturated heterocycles. The van der Waals surface area contributed by atoms with Gasteiger partial charge in [0, 0.05) is 22.0 Å². The van der Waals surface area contributed by atoms with E-state index in [1.165, 1.54) is 0 Å². The predicted molar refractivity (Wildman–Crippen MR) is 115 cm³/mol. The maximum Gasteiger partial charge on any atom is 0.338 e. The molecule has 0 bridgehead atoms. The van der Waals surface area contributed by atoms with Gasteiger partial charge >= 0.3 is 5.97 Å². The molecule has 0 radical (unpaired) electrons. The van der Waals surface area contributed by atoms with Crippen molar-refractivity contribution in [2.75, 3.05) is 11.9 Å². The average Bonchev–Trinajstić information content (AvgIpc) is 2.78. The molecule has 0 amide bonds. The van der Waals surface area contributed by atoms with Crippen molar-refractivity contribution in [3.8, 4) is 11.3 Å². The maximum atomic E-state index is 12.0. The first-order valence-corrected chi connectivity index (χ1v) is 9.61. The number of rotatable bonds is 6. The van der Waals surface area contributed by atoms with Crippen LogP contribution in [0.5, 0.6) is 0 Å². The average molecular weight is 383 g/mol. The largest absolute Gasteiger partial charge is 0.462 e. The summed E-state index contributed by atoms with van der Waals surface area (Å²) in [5, 5.41) is 14.2. The fraction of sp³-hybridized carbons (Fsp3) is 0.125. The van der Waals surface area contributed by atoms with Crippen LogP contribution in [-0.2, 0) is 4.74 Å². The highest BCUT2D eigenvalue weighted by molar-refractivity contribution is 6.01. The fourth-order valence-corrected chi connectivity index (χ4v) is 3.11. The van der Waals surface area contributed by atoms with E-state index in [-0.39, 0.29) is 5.97 Å². The molecule has 0 fully saturated rings. The van der Waals surface area contributed by atoms with Gasteiger partial charge < -0.3 is 10.1 Å². The molecule has 3 aromatic carbocycles. The van der Waals surface area contributed by atoms with Crippen LogP contribution < -0.4 is 5.32 Å². The van der Waals surface area contributed by atoms with Gasteiger partial charge in [0.1, 0.15) is 5.69 Å². The highest BCUT2D eigenvalue weighted by Crippen LogP contribution is 2.31. The Morgan fingerprint density at radius 2 is 1.55 bits per heavy atom. The lowest BCUT2D eigenvalue weighted by Gasteiger charge is -2.11. The van der Waals surface area contributed by atoms with E-state index in [9.17, 15) is 4.79 Å². The number of benzene rings is 3. The van der Waals surface area contributed by atoms with Gasteiger partial charge in [-0.15, -0.1) is 10.2 Å². The molecule has 5 heteroatoms. The Morgan fingerprint density at radius 1 is 0.862 bits per heavy atom. The second-order valence-electron chi connectivity index (χ2n) is 6.65. The normalized spacial score (nSPS) is 10.7. The molecule has 0 unspecified atom stereocenters. The van der Waals surface area contributed by atoms with Crippen LogP contribution in [0, 0.1) is 0 Å². The van der Waals surface area contributed by atoms with Gasteiger partial charge in [0.15, 0.2) is 5.82 Å². The molecule has 1 aromatic heterocycles. The number of carbonyl (C=O) groups excluding carboxylic acids is 1. The highest BCUT2D eigenvalue weighted by Gasteiger charge is 2.12. The van der Waals surface area contributed by atoms with Crippen molar-refractivity contribution in [1.29, 1.82) is 0 Å². The van der Waals surface area contributed by atoms with E-state index >= 15 is 0 Å². The number of ether oxygens (including phenoxy) is 1. The van der Waals surface area contributed by atoms with Gasteiger partial charge in [-0.25, -0.2) is 4.79 Å². The second-order valence-corrected chi connectivity index (χ2v) is 6.65. The first-order chi connectivity index (χ1) is 14.3. The van der Waals surface area contributed by atoms with E-state index < -0.39 is 0 Å². The van der Waals surface area contributed by atoms with E-state index in [0.717, 1.165) is 34.1 Å². The standard InChI is InChI=1S/C24H21N3O2/c1-2-16-29-24(28)18-14-12-17(13-15-18)22-20-10-6-7-11-21(20)23(27-26-22)25-19-8-4-3-5-9-19/h3-15H,2,16H2,1H3,(H,25,27). The molecular weight excluding hydrogens is 362 g/mol. The van der Waals surface area contributed by atoms with E-state index in [0.29, 0.717) is 18.0 Å². The Kier molecular flexibility index (Phi) is 5.47. The minimum absolute atomic E-state index is 0.309. The van der Waals surface area contributed by atoms with Crippen molar-refractivity contribution in [2.24, 2.45) is 0 Å². The third-order valence-electron chi connectivity index (χ3n) is 4.56. The lowest BCUT2D eigenvalue weighted by molar-refractivity contribution is 0.0505. The summed E-state index contributed by atoms with van der Waals surface area (Å²) in [6.07, 6.45) is 0.800. The Hall–Kier alpha value is -3.73. The first kappa shape index (κ1) is 18.6. The highest BCUT2D eigenvalue weighted by atomic mass is 16.5. The summed E-state index contributed by atoms with van der Waals surface area (Å²) in [6.45, 7) is 2.39. The van der Waals surface area contributed by atoms with E-state index in [2.05, 4.69) is 15.5 Å². The number of hydrogen-bond acceptors (Lipinski definition) is 5. The minimum Gasteiger partial charge on any atom is -0.462 e. The molecule has 0 aliphatic heterocycles. The van der Waals surface area contributed by atoms with Crippen LogP contribution in [0.3, 0.4) is 0 Å². The zero-order chi connectivity index (χ0) is 20.1. The summed E-state index contributed by atoms with van der Waals surface area (Å²) in [5.41, 5.74) is 3.15. The number of nitrogens with zero attached hydrogens (tertiary/aromatic N) is 2. The smallest absolute Gasteiger partial charge is 0.338 e. The summed E-state index contributed by atoms with van der Waals surface area (Å²) in [6, 6.07) is 25.2. The fourth-order valence-electron chi connectivity index (χ4n) is 3.11. The first-order valence-electron chi connectivity index (χ1n) is 9.61. The van der Waals surface area contributed by atoms with Gasteiger partial charge in [-0.3, -0.25) is 0 Å². The van der Waals surface area contributed by atoms with Gasteiger partial charge in [0.05, 0.1) is 12.2 Å². The van der Waals surface area contributed by atoms with Crippen molar-refractivity contribution in [3.63, 3.8) is 0 Å². The lowest BCUT2D eigenvalue weighted by atomic mass is 10.0. The van der Waals surface area contributed by atoms with Crippen LogP contribution >= 0.6 is 0 Å². The quantitative estimate of drug-likeness (QED) is 0.439. The number of nitrogens with one attached hydrogen (secondary N) is 1. The zero-order valence-corrected chi connectivity index (χ0v) is 16.1. The van der Waals surface area contributed by atoms with Crippen molar-refractivity contribution < 1.29 is 9.53 Å². The SMILES string of the molecule is CCCOC(=O)c1ccc(-c2nnc(Nc3ccccc3)c3ccccc23)cc1. The third-order valence-corrected chi connectivity index (χ3v) is 4.56. The Labute approximate surface area is 169 Å². The van der Waals surface area contributed by atoms with Gasteiger partial charge in [0.25, 0.3) is 0 Å². The van der Waals surface area contributed by atoms with E-state index in [4.69, 9.17) is 4.74 Å². The van der Waals surface area contributed by atoms with Crippen LogP contribution in [0.2, 0.25) is 0 Å². The third kappa shape index (κ3) is 4.09. The van der Waals surface area contributed by atoms with Crippen LogP contribution in [-0.4, -0.2) is 22.8 Å². The molecule has 4 aromatic rings. The van der Waals surface area contributed by atoms with Gasteiger partial charge in [0.2, 0.25) is 0 Å². The van der Waals surface area contributed by atoms with Crippen molar-refractivity contribution >= 4 is 28.2 Å². The van der Waals surface area contributed by atoms with Crippen LogP contribution in [0.4, 0.5) is 11.5 Å². The molecule has 0 atom stereocenters. The van der Waals surface area contributed by atoms with Crippen molar-refractivity contribution in [1.82, 2.24) is 10.2 Å². The summed E-state index contributed by atoms with van der Waals surface area (Å²) in [7, 11) is 0. The topological polar surface area (TPSA) is 64.1 Å². The second kappa shape index (κ2) is 8.52. The molecule has 144 valence electrons. The number of anilines is 2. The molecule has 0 aliphatic rings. The molecule has 1 heterocycles. The molecular formula is C24H21N3O2. The number of fused-ring (bicyclic) bond motifs is 1.